The molecule has 2 fully saturated rings. The third-order valence-electron chi connectivity index (χ3n) is 4.27. The molecule has 4 nitrogen and oxygen atoms in total. The number of nitrogens with one attached hydrogen (secondary N) is 2. The van der Waals surface area contributed by atoms with Crippen molar-refractivity contribution in [3.63, 3.8) is 0 Å². The standard InChI is InChI=1S/C15H29N3O.2ClH/c1-13(12-18-10-3-2-4-11-18)17-15(19)8-7-14-6-5-9-16-14;;/h13-14,16H,2-12H2,1H3,(H,17,19);2*1H. The lowest BCUT2D eigenvalue weighted by molar-refractivity contribution is -0.122. The fourth-order valence-corrected chi connectivity index (χ4v) is 3.23. The van der Waals surface area contributed by atoms with Crippen molar-refractivity contribution in [2.24, 2.45) is 0 Å². The second kappa shape index (κ2) is 11.5. The van der Waals surface area contributed by atoms with Gasteiger partial charge in [0.05, 0.1) is 0 Å². The molecule has 2 unspecified atom stereocenters. The van der Waals surface area contributed by atoms with Crippen molar-refractivity contribution < 1.29 is 4.79 Å². The Hall–Kier alpha value is -0.0300. The summed E-state index contributed by atoms with van der Waals surface area (Å²) in [6, 6.07) is 0.852. The van der Waals surface area contributed by atoms with E-state index in [1.54, 1.807) is 0 Å². The topological polar surface area (TPSA) is 44.4 Å². The number of rotatable bonds is 6. The molecule has 0 radical (unpaired) electrons. The van der Waals surface area contributed by atoms with Gasteiger partial charge in [-0.1, -0.05) is 6.42 Å². The maximum absolute atomic E-state index is 11.9. The summed E-state index contributed by atoms with van der Waals surface area (Å²) in [5.41, 5.74) is 0. The molecule has 0 aromatic carbocycles. The molecule has 2 N–H and O–H groups in total. The van der Waals surface area contributed by atoms with Gasteiger partial charge < -0.3 is 15.5 Å². The van der Waals surface area contributed by atoms with Crippen molar-refractivity contribution in [3.8, 4) is 0 Å². The van der Waals surface area contributed by atoms with Crippen LogP contribution in [0.3, 0.4) is 0 Å². The number of hydrogen-bond acceptors (Lipinski definition) is 3. The Kier molecular flexibility index (Phi) is 11.5. The molecule has 1 amide bonds. The molecule has 0 bridgehead atoms. The van der Waals surface area contributed by atoms with Crippen molar-refractivity contribution >= 4 is 30.7 Å². The highest BCUT2D eigenvalue weighted by Gasteiger charge is 2.17. The van der Waals surface area contributed by atoms with Crippen LogP contribution in [0.25, 0.3) is 0 Å². The summed E-state index contributed by atoms with van der Waals surface area (Å²) < 4.78 is 0. The van der Waals surface area contributed by atoms with Gasteiger partial charge in [0.2, 0.25) is 5.91 Å². The van der Waals surface area contributed by atoms with E-state index in [4.69, 9.17) is 0 Å². The second-order valence-corrected chi connectivity index (χ2v) is 6.16. The average Bonchev–Trinajstić information content (AvgIpc) is 2.90. The van der Waals surface area contributed by atoms with Crippen molar-refractivity contribution in [1.82, 2.24) is 15.5 Å². The second-order valence-electron chi connectivity index (χ2n) is 6.16. The molecule has 2 saturated heterocycles. The van der Waals surface area contributed by atoms with E-state index in [1.165, 1.54) is 45.2 Å². The summed E-state index contributed by atoms with van der Waals surface area (Å²) in [5.74, 6) is 0.221. The minimum atomic E-state index is 0. The average molecular weight is 340 g/mol. The Labute approximate surface area is 141 Å². The van der Waals surface area contributed by atoms with Crippen LogP contribution in [0.1, 0.15) is 51.9 Å². The van der Waals surface area contributed by atoms with Crippen LogP contribution in [0.15, 0.2) is 0 Å². The van der Waals surface area contributed by atoms with E-state index >= 15 is 0 Å². The number of carbonyl (C=O) groups is 1. The fourth-order valence-electron chi connectivity index (χ4n) is 3.23. The molecule has 6 heteroatoms. The predicted molar refractivity (Wildman–Crippen MR) is 92.7 cm³/mol. The van der Waals surface area contributed by atoms with E-state index in [2.05, 4.69) is 22.5 Å². The highest BCUT2D eigenvalue weighted by atomic mass is 35.5. The predicted octanol–water partition coefficient (Wildman–Crippen LogP) is 2.35. The van der Waals surface area contributed by atoms with E-state index in [1.807, 2.05) is 0 Å². The number of hydrogen-bond donors (Lipinski definition) is 2. The summed E-state index contributed by atoms with van der Waals surface area (Å²) in [6.45, 7) is 6.66. The van der Waals surface area contributed by atoms with Gasteiger partial charge in [0.15, 0.2) is 0 Å². The van der Waals surface area contributed by atoms with E-state index in [0.717, 1.165) is 19.5 Å². The Morgan fingerprint density at radius 2 is 1.95 bits per heavy atom. The van der Waals surface area contributed by atoms with Crippen LogP contribution in [0, 0.1) is 0 Å². The van der Waals surface area contributed by atoms with Crippen LogP contribution in [-0.4, -0.2) is 49.1 Å². The molecule has 0 saturated carbocycles. The normalized spacial score (nSPS) is 23.8. The maximum Gasteiger partial charge on any atom is 0.220 e. The smallest absolute Gasteiger partial charge is 0.220 e. The quantitative estimate of drug-likeness (QED) is 0.780. The van der Waals surface area contributed by atoms with Crippen LogP contribution in [-0.2, 0) is 4.79 Å². The van der Waals surface area contributed by atoms with Gasteiger partial charge in [0.1, 0.15) is 0 Å². The summed E-state index contributed by atoms with van der Waals surface area (Å²) in [6.07, 6.45) is 8.15. The third-order valence-corrected chi connectivity index (χ3v) is 4.27. The van der Waals surface area contributed by atoms with Crippen LogP contribution in [0.4, 0.5) is 0 Å². The lowest BCUT2D eigenvalue weighted by Crippen LogP contribution is -2.43. The van der Waals surface area contributed by atoms with E-state index in [-0.39, 0.29) is 36.8 Å². The Balaban J connectivity index is 0.00000200. The molecule has 0 aliphatic carbocycles. The molecule has 2 rings (SSSR count). The van der Waals surface area contributed by atoms with E-state index < -0.39 is 0 Å². The number of piperidine rings is 1. The van der Waals surface area contributed by atoms with Crippen LogP contribution >= 0.6 is 24.8 Å². The van der Waals surface area contributed by atoms with Gasteiger partial charge in [-0.25, -0.2) is 0 Å². The van der Waals surface area contributed by atoms with E-state index in [0.29, 0.717) is 12.5 Å². The van der Waals surface area contributed by atoms with Crippen molar-refractivity contribution in [3.05, 3.63) is 0 Å². The van der Waals surface area contributed by atoms with Crippen molar-refractivity contribution in [1.29, 1.82) is 0 Å². The molecule has 21 heavy (non-hydrogen) atoms. The van der Waals surface area contributed by atoms with Crippen LogP contribution in [0.2, 0.25) is 0 Å². The third kappa shape index (κ3) is 8.24. The summed E-state index contributed by atoms with van der Waals surface area (Å²) in [5, 5.41) is 6.59. The molecule has 2 heterocycles. The largest absolute Gasteiger partial charge is 0.352 e. The monoisotopic (exact) mass is 339 g/mol. The lowest BCUT2D eigenvalue weighted by Gasteiger charge is -2.29. The van der Waals surface area contributed by atoms with Crippen molar-refractivity contribution in [2.45, 2.75) is 64.0 Å². The van der Waals surface area contributed by atoms with Gasteiger partial charge in [0.25, 0.3) is 0 Å². The molecular weight excluding hydrogens is 309 g/mol. The first-order valence-electron chi connectivity index (χ1n) is 7.99. The maximum atomic E-state index is 11.9. The molecule has 0 aromatic heterocycles. The Morgan fingerprint density at radius 1 is 1.24 bits per heavy atom. The van der Waals surface area contributed by atoms with Gasteiger partial charge in [0, 0.05) is 25.0 Å². The Morgan fingerprint density at radius 3 is 2.57 bits per heavy atom. The van der Waals surface area contributed by atoms with Gasteiger partial charge in [-0.2, -0.15) is 0 Å². The van der Waals surface area contributed by atoms with Gasteiger partial charge in [-0.15, -0.1) is 24.8 Å². The zero-order valence-corrected chi connectivity index (χ0v) is 14.7. The first kappa shape index (κ1) is 21.0. The first-order valence-corrected chi connectivity index (χ1v) is 7.99. The van der Waals surface area contributed by atoms with Crippen LogP contribution in [0.5, 0.6) is 0 Å². The van der Waals surface area contributed by atoms with Crippen LogP contribution < -0.4 is 10.6 Å². The highest BCUT2D eigenvalue weighted by Crippen LogP contribution is 2.11. The highest BCUT2D eigenvalue weighted by molar-refractivity contribution is 5.85. The van der Waals surface area contributed by atoms with Crippen molar-refractivity contribution in [2.75, 3.05) is 26.2 Å². The number of amides is 1. The van der Waals surface area contributed by atoms with E-state index in [9.17, 15) is 4.79 Å². The zero-order chi connectivity index (χ0) is 13.5. The summed E-state index contributed by atoms with van der Waals surface area (Å²) in [7, 11) is 0. The lowest BCUT2D eigenvalue weighted by atomic mass is 10.1. The molecule has 2 aliphatic rings. The summed E-state index contributed by atoms with van der Waals surface area (Å²) in [4.78, 5) is 14.4. The number of nitrogens with zero attached hydrogens (tertiary/aromatic N) is 1. The first-order chi connectivity index (χ1) is 9.24. The number of halogens is 2. The Bertz CT molecular complexity index is 280. The number of likely N-dealkylation sites (tertiary alicyclic amines) is 1. The SMILES string of the molecule is CC(CN1CCCCC1)NC(=O)CCC1CCCN1.Cl.Cl. The minimum absolute atomic E-state index is 0. The number of carbonyl (C=O) groups excluding carboxylic acids is 1. The fraction of sp³-hybridized carbons (Fsp3) is 0.933. The zero-order valence-electron chi connectivity index (χ0n) is 13.1. The molecule has 2 atom stereocenters. The van der Waals surface area contributed by atoms with Gasteiger partial charge >= 0.3 is 0 Å². The molecular formula is C15H31Cl2N3O. The molecule has 0 aromatic rings. The molecule has 2 aliphatic heterocycles. The molecule has 126 valence electrons. The van der Waals surface area contributed by atoms with Gasteiger partial charge in [-0.05, 0) is 58.7 Å². The minimum Gasteiger partial charge on any atom is -0.352 e. The molecule has 0 spiro atoms. The van der Waals surface area contributed by atoms with Gasteiger partial charge in [-0.3, -0.25) is 4.79 Å². The summed E-state index contributed by atoms with van der Waals surface area (Å²) >= 11 is 0.